The predicted molar refractivity (Wildman–Crippen MR) is 154 cm³/mol. The summed E-state index contributed by atoms with van der Waals surface area (Å²) in [6.45, 7) is 1.75. The van der Waals surface area contributed by atoms with Crippen LogP contribution in [0.15, 0.2) is 0 Å². The molecule has 1 aliphatic carbocycles. The third-order valence-electron chi connectivity index (χ3n) is 8.48. The number of aliphatic hydroxyl groups is 6. The van der Waals surface area contributed by atoms with Gasteiger partial charge in [-0.25, -0.2) is 0 Å². The molecule has 19 heteroatoms. The Morgan fingerprint density at radius 3 is 2.07 bits per heavy atom. The first-order valence-corrected chi connectivity index (χ1v) is 14.9. The molecule has 44 heavy (non-hydrogen) atoms. The largest absolute Gasteiger partial charge is 0.390 e. The number of nitrogens with two attached hydrogens (primary N) is 6. The Hall–Kier alpha value is -0.655. The van der Waals surface area contributed by atoms with Gasteiger partial charge in [-0.2, -0.15) is 0 Å². The van der Waals surface area contributed by atoms with Crippen molar-refractivity contribution in [2.75, 3.05) is 20.2 Å². The topological polar surface area (TPSA) is 333 Å². The summed E-state index contributed by atoms with van der Waals surface area (Å²) in [5.74, 6) is 0. The Labute approximate surface area is 257 Å². The number of hydrogen-bond donors (Lipinski definition) is 12. The van der Waals surface area contributed by atoms with Crippen molar-refractivity contribution in [1.82, 2.24) is 0 Å². The summed E-state index contributed by atoms with van der Waals surface area (Å²) in [4.78, 5) is 0. The third-order valence-corrected chi connectivity index (χ3v) is 8.48. The average molecular weight is 640 g/mol. The fraction of sp³-hybridized carbons (Fsp3) is 1.00. The molecule has 18 nitrogen and oxygen atoms in total. The van der Waals surface area contributed by atoms with Crippen LogP contribution in [-0.2, 0) is 28.4 Å². The van der Waals surface area contributed by atoms with Crippen LogP contribution in [0.3, 0.4) is 0 Å². The Balaban J connectivity index is 1.79. The van der Waals surface area contributed by atoms with Crippen LogP contribution in [0.2, 0.25) is 13.1 Å². The second kappa shape index (κ2) is 17.0. The van der Waals surface area contributed by atoms with Gasteiger partial charge in [0.05, 0.1) is 36.5 Å². The smallest absolute Gasteiger partial charge is 0.187 e. The molecule has 0 amide bonds. The van der Waals surface area contributed by atoms with E-state index in [9.17, 15) is 30.6 Å². The standard InChI is InChI=1S/C25H52BN6O12/c1-26-6-11-21(43-23(39-2)13(31)16(35)10(33)3-4-27)19(38)25(40-11)44-22-15(34)8(29)5-9(30)20(22)42-24-14(32)18(37)17(36)12(7-28)41-24/h8-25,33-38H,3-7,27-32H2,1-2H3. The number of methoxy groups -OCH3 is 1. The van der Waals surface area contributed by atoms with Crippen molar-refractivity contribution in [2.45, 2.75) is 136 Å². The van der Waals surface area contributed by atoms with Crippen LogP contribution in [0.5, 0.6) is 0 Å². The van der Waals surface area contributed by atoms with E-state index >= 15 is 0 Å². The van der Waals surface area contributed by atoms with Gasteiger partial charge in [0.15, 0.2) is 18.9 Å². The molecule has 2 saturated heterocycles. The molecule has 1 saturated carbocycles. The van der Waals surface area contributed by atoms with E-state index in [0.717, 1.165) is 0 Å². The van der Waals surface area contributed by atoms with Crippen LogP contribution >= 0.6 is 0 Å². The lowest BCUT2D eigenvalue weighted by molar-refractivity contribution is -0.306. The Morgan fingerprint density at radius 1 is 0.841 bits per heavy atom. The maximum atomic E-state index is 11.3. The minimum absolute atomic E-state index is 0.0875. The highest BCUT2D eigenvalue weighted by Gasteiger charge is 2.53. The van der Waals surface area contributed by atoms with Crippen molar-refractivity contribution in [3.05, 3.63) is 0 Å². The van der Waals surface area contributed by atoms with Gasteiger partial charge in [0.2, 0.25) is 0 Å². The molecule has 1 radical (unpaired) electrons. The molecule has 0 bridgehead atoms. The molecule has 18 atom stereocenters. The van der Waals surface area contributed by atoms with Gasteiger partial charge in [0.25, 0.3) is 0 Å². The number of aliphatic hydroxyl groups excluding tert-OH is 6. The minimum atomic E-state index is -1.47. The summed E-state index contributed by atoms with van der Waals surface area (Å²) < 4.78 is 35.2. The van der Waals surface area contributed by atoms with Crippen LogP contribution in [0, 0.1) is 0 Å². The highest BCUT2D eigenvalue weighted by Crippen LogP contribution is 2.34. The van der Waals surface area contributed by atoms with E-state index in [1.54, 1.807) is 14.1 Å². The van der Waals surface area contributed by atoms with Gasteiger partial charge in [0.1, 0.15) is 50.0 Å². The molecule has 2 aliphatic heterocycles. The van der Waals surface area contributed by atoms with E-state index in [1.807, 2.05) is 0 Å². The SMILES string of the molecule is C[B]CC1OC(OC2C(O)C(N)CC(N)C2OC2OC(CN)C(O)C(O)C2N)C(O)C1OC(OC)C(N)C(O)C(O)CCN. The van der Waals surface area contributed by atoms with E-state index < -0.39 is 110 Å². The normalized spacial score (nSPS) is 44.2. The average Bonchev–Trinajstić information content (AvgIpc) is 3.28. The molecular weight excluding hydrogens is 587 g/mol. The first-order valence-electron chi connectivity index (χ1n) is 14.9. The van der Waals surface area contributed by atoms with E-state index in [1.165, 1.54) is 7.11 Å². The van der Waals surface area contributed by atoms with Crippen molar-refractivity contribution in [2.24, 2.45) is 34.4 Å². The molecule has 0 aromatic rings. The number of ether oxygens (including phenoxy) is 6. The van der Waals surface area contributed by atoms with Gasteiger partial charge in [-0.3, -0.25) is 0 Å². The van der Waals surface area contributed by atoms with Crippen molar-refractivity contribution in [3.63, 3.8) is 0 Å². The Morgan fingerprint density at radius 2 is 1.48 bits per heavy atom. The molecule has 257 valence electrons. The highest BCUT2D eigenvalue weighted by atomic mass is 16.8. The molecule has 0 aromatic heterocycles. The summed E-state index contributed by atoms with van der Waals surface area (Å²) in [7, 11) is 3.07. The lowest BCUT2D eigenvalue weighted by Crippen LogP contribution is -2.68. The zero-order valence-corrected chi connectivity index (χ0v) is 25.1. The maximum Gasteiger partial charge on any atom is 0.187 e. The summed E-state index contributed by atoms with van der Waals surface area (Å²) in [6, 6.07) is -4.06. The molecular formula is C25H52BN6O12. The molecule has 3 rings (SSSR count). The second-order valence-corrected chi connectivity index (χ2v) is 11.7. The van der Waals surface area contributed by atoms with Gasteiger partial charge in [0, 0.05) is 25.7 Å². The molecule has 0 aromatic carbocycles. The van der Waals surface area contributed by atoms with Crippen LogP contribution in [-0.4, -0.2) is 168 Å². The molecule has 3 fully saturated rings. The summed E-state index contributed by atoms with van der Waals surface area (Å²) in [5.41, 5.74) is 35.9. The van der Waals surface area contributed by atoms with Crippen molar-refractivity contribution >= 4 is 7.28 Å². The predicted octanol–water partition coefficient (Wildman–Crippen LogP) is -7.08. The molecule has 2 heterocycles. The number of rotatable bonds is 15. The van der Waals surface area contributed by atoms with Crippen LogP contribution in [0.1, 0.15) is 12.8 Å². The van der Waals surface area contributed by atoms with Crippen molar-refractivity contribution in [3.8, 4) is 0 Å². The first-order chi connectivity index (χ1) is 20.8. The lowest BCUT2D eigenvalue weighted by Gasteiger charge is -2.47. The third kappa shape index (κ3) is 8.43. The van der Waals surface area contributed by atoms with Crippen LogP contribution in [0.4, 0.5) is 0 Å². The fourth-order valence-corrected chi connectivity index (χ4v) is 5.81. The van der Waals surface area contributed by atoms with Gasteiger partial charge < -0.3 is 93.5 Å². The van der Waals surface area contributed by atoms with Gasteiger partial charge >= 0.3 is 0 Å². The molecule has 18 unspecified atom stereocenters. The first kappa shape index (κ1) is 37.8. The van der Waals surface area contributed by atoms with E-state index in [4.69, 9.17) is 62.8 Å². The summed E-state index contributed by atoms with van der Waals surface area (Å²) in [6.07, 6.45) is -17.0. The quantitative estimate of drug-likeness (QED) is 0.0584. The van der Waals surface area contributed by atoms with Gasteiger partial charge in [-0.1, -0.05) is 13.1 Å². The van der Waals surface area contributed by atoms with Crippen molar-refractivity contribution in [1.29, 1.82) is 0 Å². The monoisotopic (exact) mass is 639 g/mol. The van der Waals surface area contributed by atoms with Crippen molar-refractivity contribution < 1.29 is 59.1 Å². The highest BCUT2D eigenvalue weighted by molar-refractivity contribution is 6.33. The van der Waals surface area contributed by atoms with Gasteiger partial charge in [-0.15, -0.1) is 0 Å². The van der Waals surface area contributed by atoms with Crippen LogP contribution < -0.4 is 34.4 Å². The molecule has 0 spiro atoms. The van der Waals surface area contributed by atoms with E-state index in [0.29, 0.717) is 6.32 Å². The summed E-state index contributed by atoms with van der Waals surface area (Å²) >= 11 is 0. The van der Waals surface area contributed by atoms with E-state index in [2.05, 4.69) is 0 Å². The summed E-state index contributed by atoms with van der Waals surface area (Å²) in [5, 5.41) is 63.7. The minimum Gasteiger partial charge on any atom is -0.390 e. The Kier molecular flexibility index (Phi) is 14.6. The maximum absolute atomic E-state index is 11.3. The zero-order chi connectivity index (χ0) is 32.9. The fourth-order valence-electron chi connectivity index (χ4n) is 5.81. The second-order valence-electron chi connectivity index (χ2n) is 11.7. The van der Waals surface area contributed by atoms with E-state index in [-0.39, 0.29) is 25.9 Å². The molecule has 18 N–H and O–H groups in total. The van der Waals surface area contributed by atoms with Gasteiger partial charge in [-0.05, 0) is 19.4 Å². The molecule has 3 aliphatic rings. The Bertz CT molecular complexity index is 861. The zero-order valence-electron chi connectivity index (χ0n) is 25.1. The lowest BCUT2D eigenvalue weighted by atomic mass is 9.74. The van der Waals surface area contributed by atoms with Crippen LogP contribution in [0.25, 0.3) is 0 Å². The number of hydrogen-bond acceptors (Lipinski definition) is 18.